The molecular formula is C14H16N2O3S. The maximum atomic E-state index is 12.3. The van der Waals surface area contributed by atoms with Crippen LogP contribution in [-0.2, 0) is 16.6 Å². The van der Waals surface area contributed by atoms with E-state index in [1.165, 1.54) is 6.07 Å². The molecule has 0 aliphatic carbocycles. The predicted octanol–water partition coefficient (Wildman–Crippen LogP) is 1.87. The number of aliphatic hydroxyl groups is 1. The van der Waals surface area contributed by atoms with Gasteiger partial charge in [0.1, 0.15) is 0 Å². The molecule has 6 heteroatoms. The van der Waals surface area contributed by atoms with Crippen LogP contribution in [0.3, 0.4) is 0 Å². The lowest BCUT2D eigenvalue weighted by Crippen LogP contribution is -2.14. The highest BCUT2D eigenvalue weighted by Gasteiger charge is 2.17. The number of aliphatic hydroxyl groups excluding tert-OH is 1. The number of benzene rings is 2. The van der Waals surface area contributed by atoms with Crippen molar-refractivity contribution < 1.29 is 13.5 Å². The van der Waals surface area contributed by atoms with Crippen molar-refractivity contribution in [3.63, 3.8) is 0 Å². The minimum absolute atomic E-state index is 0.0820. The highest BCUT2D eigenvalue weighted by molar-refractivity contribution is 7.92. The number of sulfonamides is 1. The van der Waals surface area contributed by atoms with Crippen molar-refractivity contribution in [2.45, 2.75) is 18.4 Å². The van der Waals surface area contributed by atoms with Crippen LogP contribution in [0.25, 0.3) is 0 Å². The van der Waals surface area contributed by atoms with E-state index in [4.69, 9.17) is 10.8 Å². The predicted molar refractivity (Wildman–Crippen MR) is 78.8 cm³/mol. The third kappa shape index (κ3) is 3.09. The zero-order valence-corrected chi connectivity index (χ0v) is 11.8. The Hall–Kier alpha value is -2.05. The second kappa shape index (κ2) is 5.52. The van der Waals surface area contributed by atoms with Crippen molar-refractivity contribution in [1.82, 2.24) is 0 Å². The molecule has 0 aliphatic rings. The van der Waals surface area contributed by atoms with Gasteiger partial charge in [-0.05, 0) is 42.3 Å². The van der Waals surface area contributed by atoms with E-state index >= 15 is 0 Å². The summed E-state index contributed by atoms with van der Waals surface area (Å²) in [6.07, 6.45) is 0. The van der Waals surface area contributed by atoms with Crippen LogP contribution in [-0.4, -0.2) is 13.5 Å². The number of nitrogens with two attached hydrogens (primary N) is 1. The highest BCUT2D eigenvalue weighted by atomic mass is 32.2. The second-order valence-electron chi connectivity index (χ2n) is 4.49. The molecule has 4 N–H and O–H groups in total. The zero-order chi connectivity index (χ0) is 14.8. The first-order valence-electron chi connectivity index (χ1n) is 6.01. The molecule has 2 aromatic rings. The third-order valence-corrected chi connectivity index (χ3v) is 4.41. The van der Waals surface area contributed by atoms with Gasteiger partial charge < -0.3 is 10.8 Å². The summed E-state index contributed by atoms with van der Waals surface area (Å²) < 4.78 is 27.1. The molecule has 2 aromatic carbocycles. The summed E-state index contributed by atoms with van der Waals surface area (Å²) in [7, 11) is -3.68. The van der Waals surface area contributed by atoms with Gasteiger partial charge in [0.25, 0.3) is 10.0 Å². The lowest BCUT2D eigenvalue weighted by Gasteiger charge is -2.11. The fourth-order valence-corrected chi connectivity index (χ4v) is 3.13. The average molecular weight is 292 g/mol. The van der Waals surface area contributed by atoms with Gasteiger partial charge in [-0.25, -0.2) is 8.42 Å². The Morgan fingerprint density at radius 1 is 1.15 bits per heavy atom. The molecular weight excluding hydrogens is 276 g/mol. The molecule has 0 amide bonds. The molecule has 0 fully saturated rings. The molecule has 0 bridgehead atoms. The largest absolute Gasteiger partial charge is 0.399 e. The molecule has 5 nitrogen and oxygen atoms in total. The summed E-state index contributed by atoms with van der Waals surface area (Å²) in [5, 5.41) is 8.95. The number of aryl methyl sites for hydroxylation is 1. The molecule has 0 saturated heterocycles. The van der Waals surface area contributed by atoms with E-state index in [0.717, 1.165) is 0 Å². The van der Waals surface area contributed by atoms with Crippen LogP contribution >= 0.6 is 0 Å². The highest BCUT2D eigenvalue weighted by Crippen LogP contribution is 2.21. The van der Waals surface area contributed by atoms with E-state index in [1.807, 2.05) is 0 Å². The maximum Gasteiger partial charge on any atom is 0.262 e. The first kappa shape index (κ1) is 14.4. The van der Waals surface area contributed by atoms with Crippen molar-refractivity contribution in [3.8, 4) is 0 Å². The normalized spacial score (nSPS) is 11.3. The van der Waals surface area contributed by atoms with Crippen molar-refractivity contribution in [3.05, 3.63) is 53.6 Å². The Morgan fingerprint density at radius 3 is 2.40 bits per heavy atom. The van der Waals surface area contributed by atoms with Gasteiger partial charge in [-0.2, -0.15) is 0 Å². The van der Waals surface area contributed by atoms with Crippen LogP contribution in [0.1, 0.15) is 11.1 Å². The minimum Gasteiger partial charge on any atom is -0.399 e. The number of nitrogens with one attached hydrogen (secondary N) is 1. The fourth-order valence-electron chi connectivity index (χ4n) is 1.79. The Balaban J connectivity index is 2.32. The third-order valence-electron chi connectivity index (χ3n) is 2.89. The molecule has 0 heterocycles. The smallest absolute Gasteiger partial charge is 0.262 e. The van der Waals surface area contributed by atoms with E-state index in [0.29, 0.717) is 22.5 Å². The van der Waals surface area contributed by atoms with E-state index in [2.05, 4.69) is 4.72 Å². The van der Waals surface area contributed by atoms with Crippen LogP contribution in [0.15, 0.2) is 47.4 Å². The summed E-state index contributed by atoms with van der Waals surface area (Å²) in [6.45, 7) is 1.63. The molecule has 0 aromatic heterocycles. The van der Waals surface area contributed by atoms with Gasteiger partial charge in [-0.1, -0.05) is 18.2 Å². The summed E-state index contributed by atoms with van der Waals surface area (Å²) >= 11 is 0. The molecule has 106 valence electrons. The lowest BCUT2D eigenvalue weighted by molar-refractivity contribution is 0.282. The molecule has 0 saturated carbocycles. The quantitative estimate of drug-likeness (QED) is 0.750. The SMILES string of the molecule is Cc1ccc(N)cc1S(=O)(=O)Nc1ccc(CO)cc1. The summed E-state index contributed by atoms with van der Waals surface area (Å²) in [5.74, 6) is 0. The second-order valence-corrected chi connectivity index (χ2v) is 6.14. The van der Waals surface area contributed by atoms with Crippen molar-refractivity contribution >= 4 is 21.4 Å². The lowest BCUT2D eigenvalue weighted by atomic mass is 10.2. The monoisotopic (exact) mass is 292 g/mol. The van der Waals surface area contributed by atoms with Crippen molar-refractivity contribution in [2.24, 2.45) is 0 Å². The standard InChI is InChI=1S/C14H16N2O3S/c1-10-2-5-12(15)8-14(10)20(18,19)16-13-6-3-11(9-17)4-7-13/h2-8,16-17H,9,15H2,1H3. The van der Waals surface area contributed by atoms with Crippen molar-refractivity contribution in [1.29, 1.82) is 0 Å². The van der Waals surface area contributed by atoms with Gasteiger partial charge in [0, 0.05) is 11.4 Å². The van der Waals surface area contributed by atoms with Gasteiger partial charge in [0.15, 0.2) is 0 Å². The number of anilines is 2. The Bertz CT molecular complexity index is 710. The maximum absolute atomic E-state index is 12.3. The van der Waals surface area contributed by atoms with Gasteiger partial charge in [-0.3, -0.25) is 4.72 Å². The average Bonchev–Trinajstić information content (AvgIpc) is 2.42. The van der Waals surface area contributed by atoms with E-state index < -0.39 is 10.0 Å². The Morgan fingerprint density at radius 2 is 1.80 bits per heavy atom. The van der Waals surface area contributed by atoms with E-state index in [-0.39, 0.29) is 11.5 Å². The summed E-state index contributed by atoms with van der Waals surface area (Å²) in [5.41, 5.74) is 7.80. The number of nitrogen functional groups attached to an aromatic ring is 1. The molecule has 0 radical (unpaired) electrons. The Labute approximate surface area is 118 Å². The molecule has 0 aliphatic heterocycles. The minimum atomic E-state index is -3.68. The first-order valence-corrected chi connectivity index (χ1v) is 7.49. The van der Waals surface area contributed by atoms with Crippen LogP contribution in [0.4, 0.5) is 11.4 Å². The van der Waals surface area contributed by atoms with Gasteiger partial charge in [0.05, 0.1) is 11.5 Å². The molecule has 2 rings (SSSR count). The topological polar surface area (TPSA) is 92.4 Å². The van der Waals surface area contributed by atoms with Crippen LogP contribution in [0, 0.1) is 6.92 Å². The van der Waals surface area contributed by atoms with Gasteiger partial charge >= 0.3 is 0 Å². The van der Waals surface area contributed by atoms with Crippen LogP contribution < -0.4 is 10.5 Å². The van der Waals surface area contributed by atoms with Gasteiger partial charge in [-0.15, -0.1) is 0 Å². The van der Waals surface area contributed by atoms with Crippen LogP contribution in [0.5, 0.6) is 0 Å². The van der Waals surface area contributed by atoms with E-state index in [9.17, 15) is 8.42 Å². The van der Waals surface area contributed by atoms with E-state index in [1.54, 1.807) is 43.3 Å². The zero-order valence-electron chi connectivity index (χ0n) is 11.0. The number of rotatable bonds is 4. The fraction of sp³-hybridized carbons (Fsp3) is 0.143. The van der Waals surface area contributed by atoms with Crippen LogP contribution in [0.2, 0.25) is 0 Å². The first-order chi connectivity index (χ1) is 9.42. The van der Waals surface area contributed by atoms with Crippen molar-refractivity contribution in [2.75, 3.05) is 10.5 Å². The van der Waals surface area contributed by atoms with Gasteiger partial charge in [0.2, 0.25) is 0 Å². The molecule has 0 unspecified atom stereocenters. The number of hydrogen-bond acceptors (Lipinski definition) is 4. The molecule has 0 atom stereocenters. The summed E-state index contributed by atoms with van der Waals surface area (Å²) in [4.78, 5) is 0.156. The molecule has 0 spiro atoms. The Kier molecular flexibility index (Phi) is 3.96. The molecule has 20 heavy (non-hydrogen) atoms. The number of hydrogen-bond donors (Lipinski definition) is 3. The summed E-state index contributed by atoms with van der Waals surface area (Å²) in [6, 6.07) is 11.3.